The number of allylic oxidation sites excluding steroid dienone is 1. The Labute approximate surface area is 217 Å². The van der Waals surface area contributed by atoms with E-state index < -0.39 is 18.0 Å². The Morgan fingerprint density at radius 1 is 1.05 bits per heavy atom. The minimum absolute atomic E-state index is 0.000925. The lowest BCUT2D eigenvalue weighted by molar-refractivity contribution is -0.141. The van der Waals surface area contributed by atoms with Crippen molar-refractivity contribution in [1.82, 2.24) is 0 Å². The smallest absolute Gasteiger partial charge is 0.352 e. The molecule has 1 heterocycles. The second-order valence-electron chi connectivity index (χ2n) is 8.69. The highest BCUT2D eigenvalue weighted by molar-refractivity contribution is 5.77. The molecule has 3 aromatic rings. The van der Waals surface area contributed by atoms with Crippen molar-refractivity contribution >= 4 is 5.97 Å². The van der Waals surface area contributed by atoms with Crippen LogP contribution in [-0.2, 0) is 11.2 Å². The van der Waals surface area contributed by atoms with Gasteiger partial charge in [-0.2, -0.15) is 5.26 Å². The average Bonchev–Trinajstić information content (AvgIpc) is 2.91. The van der Waals surface area contributed by atoms with Crippen molar-refractivity contribution in [2.75, 3.05) is 6.61 Å². The number of para-hydroxylation sites is 1. The van der Waals surface area contributed by atoms with Crippen LogP contribution in [-0.4, -0.2) is 18.7 Å². The molecule has 37 heavy (non-hydrogen) atoms. The summed E-state index contributed by atoms with van der Waals surface area (Å²) in [5, 5.41) is 9.88. The molecule has 190 valence electrons. The molecule has 0 aromatic heterocycles. The molecule has 0 radical (unpaired) electrons. The largest absolute Gasteiger partial charge is 0.493 e. The van der Waals surface area contributed by atoms with Crippen LogP contribution in [0.5, 0.6) is 23.0 Å². The van der Waals surface area contributed by atoms with E-state index in [1.165, 1.54) is 5.56 Å². The number of hydrogen-bond acceptors (Lipinski definition) is 7. The van der Waals surface area contributed by atoms with Gasteiger partial charge in [0, 0.05) is 17.2 Å². The SMILES string of the molecule is CCCOc1ccccc1C1C(C#N)=C(N)Oc2cc(OC(=O)C(C)Oc3ccc(CC)cc3)ccc21. The van der Waals surface area contributed by atoms with Crippen LogP contribution in [0.3, 0.4) is 0 Å². The van der Waals surface area contributed by atoms with Gasteiger partial charge in [0.25, 0.3) is 0 Å². The normalized spacial score (nSPS) is 15.1. The molecule has 4 rings (SSSR count). The number of aryl methyl sites for hydroxylation is 1. The fourth-order valence-electron chi connectivity index (χ4n) is 4.14. The summed E-state index contributed by atoms with van der Waals surface area (Å²) >= 11 is 0. The van der Waals surface area contributed by atoms with Crippen molar-refractivity contribution in [2.45, 2.75) is 45.6 Å². The van der Waals surface area contributed by atoms with Crippen molar-refractivity contribution in [3.63, 3.8) is 0 Å². The highest BCUT2D eigenvalue weighted by atomic mass is 16.6. The fourth-order valence-corrected chi connectivity index (χ4v) is 4.14. The maximum Gasteiger partial charge on any atom is 0.352 e. The van der Waals surface area contributed by atoms with Gasteiger partial charge in [0.05, 0.1) is 12.5 Å². The van der Waals surface area contributed by atoms with Gasteiger partial charge < -0.3 is 24.7 Å². The molecule has 1 aliphatic rings. The highest BCUT2D eigenvalue weighted by Crippen LogP contribution is 2.45. The summed E-state index contributed by atoms with van der Waals surface area (Å²) in [7, 11) is 0. The van der Waals surface area contributed by atoms with E-state index in [-0.39, 0.29) is 11.6 Å². The number of carbonyl (C=O) groups is 1. The van der Waals surface area contributed by atoms with Gasteiger partial charge >= 0.3 is 5.97 Å². The molecule has 0 bridgehead atoms. The Balaban J connectivity index is 1.57. The number of nitriles is 1. The van der Waals surface area contributed by atoms with Crippen LogP contribution in [0, 0.1) is 11.3 Å². The van der Waals surface area contributed by atoms with Gasteiger partial charge in [-0.15, -0.1) is 0 Å². The maximum absolute atomic E-state index is 12.7. The van der Waals surface area contributed by atoms with Gasteiger partial charge in [0.15, 0.2) is 6.10 Å². The van der Waals surface area contributed by atoms with Gasteiger partial charge in [-0.05, 0) is 49.6 Å². The molecule has 2 atom stereocenters. The summed E-state index contributed by atoms with van der Waals surface area (Å²) in [6, 6.07) is 22.4. The second kappa shape index (κ2) is 11.5. The zero-order chi connectivity index (χ0) is 26.4. The number of hydrogen-bond donors (Lipinski definition) is 1. The minimum Gasteiger partial charge on any atom is -0.493 e. The van der Waals surface area contributed by atoms with E-state index in [1.54, 1.807) is 25.1 Å². The average molecular weight is 499 g/mol. The number of carbonyl (C=O) groups excluding carboxylic acids is 1. The molecule has 7 heteroatoms. The molecule has 0 fully saturated rings. The molecule has 1 aliphatic heterocycles. The zero-order valence-electron chi connectivity index (χ0n) is 21.2. The minimum atomic E-state index is -0.824. The van der Waals surface area contributed by atoms with E-state index in [2.05, 4.69) is 13.0 Å². The zero-order valence-corrected chi connectivity index (χ0v) is 21.2. The van der Waals surface area contributed by atoms with Crippen molar-refractivity contribution in [3.05, 3.63) is 94.9 Å². The third-order valence-corrected chi connectivity index (χ3v) is 6.08. The summed E-state index contributed by atoms with van der Waals surface area (Å²) in [4.78, 5) is 12.7. The highest BCUT2D eigenvalue weighted by Gasteiger charge is 2.33. The number of nitrogens with two attached hydrogens (primary N) is 1. The monoisotopic (exact) mass is 498 g/mol. The van der Waals surface area contributed by atoms with Crippen molar-refractivity contribution in [1.29, 1.82) is 5.26 Å². The number of rotatable bonds is 9. The topological polar surface area (TPSA) is 104 Å². The third-order valence-electron chi connectivity index (χ3n) is 6.08. The standard InChI is InChI=1S/C30H30N2O5/c1-4-16-34-26-9-7-6-8-23(26)28-24-15-14-22(17-27(24)37-29(32)25(28)18-31)36-30(33)19(3)35-21-12-10-20(5-2)11-13-21/h6-15,17,19,28H,4-5,16,32H2,1-3H3. The lowest BCUT2D eigenvalue weighted by atomic mass is 9.83. The van der Waals surface area contributed by atoms with Gasteiger partial charge in [0.2, 0.25) is 5.88 Å². The van der Waals surface area contributed by atoms with Crippen molar-refractivity contribution in [2.24, 2.45) is 5.73 Å². The summed E-state index contributed by atoms with van der Waals surface area (Å²) in [5.74, 6) is 0.913. The van der Waals surface area contributed by atoms with E-state index in [0.29, 0.717) is 29.4 Å². The number of fused-ring (bicyclic) bond motifs is 1. The first-order valence-electron chi connectivity index (χ1n) is 12.4. The van der Waals surface area contributed by atoms with Crippen LogP contribution in [0.25, 0.3) is 0 Å². The molecule has 2 unspecified atom stereocenters. The van der Waals surface area contributed by atoms with Crippen LogP contribution in [0.2, 0.25) is 0 Å². The Morgan fingerprint density at radius 3 is 2.49 bits per heavy atom. The van der Waals surface area contributed by atoms with E-state index in [4.69, 9.17) is 24.7 Å². The van der Waals surface area contributed by atoms with E-state index >= 15 is 0 Å². The summed E-state index contributed by atoms with van der Waals surface area (Å²) < 4.78 is 23.0. The molecular formula is C30H30N2O5. The number of benzene rings is 3. The van der Waals surface area contributed by atoms with Crippen LogP contribution in [0.1, 0.15) is 49.8 Å². The predicted molar refractivity (Wildman–Crippen MR) is 140 cm³/mol. The molecule has 2 N–H and O–H groups in total. The van der Waals surface area contributed by atoms with Crippen LogP contribution in [0.4, 0.5) is 0 Å². The van der Waals surface area contributed by atoms with Crippen molar-refractivity contribution in [3.8, 4) is 29.1 Å². The first-order chi connectivity index (χ1) is 17.9. The summed E-state index contributed by atoms with van der Waals surface area (Å²) in [6.45, 7) is 6.28. The maximum atomic E-state index is 12.7. The van der Waals surface area contributed by atoms with Crippen LogP contribution < -0.4 is 24.7 Å². The second-order valence-corrected chi connectivity index (χ2v) is 8.69. The van der Waals surface area contributed by atoms with Gasteiger partial charge in [0.1, 0.15) is 34.6 Å². The number of ether oxygens (including phenoxy) is 4. The molecule has 0 saturated heterocycles. The molecule has 0 saturated carbocycles. The first kappa shape index (κ1) is 25.6. The quantitative estimate of drug-likeness (QED) is 0.301. The third kappa shape index (κ3) is 5.70. The Hall–Kier alpha value is -4.44. The predicted octanol–water partition coefficient (Wildman–Crippen LogP) is 5.63. The van der Waals surface area contributed by atoms with Crippen LogP contribution >= 0.6 is 0 Å². The summed E-state index contributed by atoms with van der Waals surface area (Å²) in [6.07, 6.45) is 0.948. The van der Waals surface area contributed by atoms with Crippen molar-refractivity contribution < 1.29 is 23.7 Å². The Morgan fingerprint density at radius 2 is 1.78 bits per heavy atom. The molecular weight excluding hydrogens is 468 g/mol. The van der Waals surface area contributed by atoms with Gasteiger partial charge in [-0.25, -0.2) is 4.79 Å². The van der Waals surface area contributed by atoms with E-state index in [9.17, 15) is 10.1 Å². The van der Waals surface area contributed by atoms with Gasteiger partial charge in [-0.1, -0.05) is 50.2 Å². The van der Waals surface area contributed by atoms with E-state index in [0.717, 1.165) is 24.0 Å². The lowest BCUT2D eigenvalue weighted by Crippen LogP contribution is -2.28. The molecule has 0 aliphatic carbocycles. The summed E-state index contributed by atoms with van der Waals surface area (Å²) in [5.41, 5.74) is 9.16. The Kier molecular flexibility index (Phi) is 7.99. The number of esters is 1. The molecule has 7 nitrogen and oxygen atoms in total. The molecule has 0 spiro atoms. The first-order valence-corrected chi connectivity index (χ1v) is 12.4. The van der Waals surface area contributed by atoms with E-state index in [1.807, 2.05) is 55.5 Å². The van der Waals surface area contributed by atoms with Crippen LogP contribution in [0.15, 0.2) is 78.2 Å². The van der Waals surface area contributed by atoms with Gasteiger partial charge in [-0.3, -0.25) is 0 Å². The Bertz CT molecular complexity index is 1340. The fraction of sp³-hybridized carbons (Fsp3) is 0.267. The lowest BCUT2D eigenvalue weighted by Gasteiger charge is -2.28. The molecule has 0 amide bonds. The number of nitrogens with zero attached hydrogens (tertiary/aromatic N) is 1. The molecule has 3 aromatic carbocycles.